The Morgan fingerprint density at radius 2 is 1.88 bits per heavy atom. The van der Waals surface area contributed by atoms with E-state index in [1.54, 1.807) is 14.2 Å². The van der Waals surface area contributed by atoms with E-state index < -0.39 is 0 Å². The summed E-state index contributed by atoms with van der Waals surface area (Å²) >= 11 is 0. The molecule has 0 saturated carbocycles. The molecule has 1 atom stereocenters. The Balaban J connectivity index is 1.79. The summed E-state index contributed by atoms with van der Waals surface area (Å²) in [6, 6.07) is 12.3. The molecule has 1 heterocycles. The van der Waals surface area contributed by atoms with Crippen LogP contribution in [0.4, 0.5) is 0 Å². The van der Waals surface area contributed by atoms with Crippen molar-refractivity contribution >= 4 is 5.91 Å². The first-order chi connectivity index (χ1) is 12.5. The second kappa shape index (κ2) is 7.81. The maximum atomic E-state index is 13.0. The molecule has 3 rings (SSSR count). The zero-order chi connectivity index (χ0) is 18.7. The molecule has 2 aromatic carbocycles. The lowest BCUT2D eigenvalue weighted by molar-refractivity contribution is -0.131. The molecule has 0 spiro atoms. The first-order valence-electron chi connectivity index (χ1n) is 9.11. The van der Waals surface area contributed by atoms with E-state index in [9.17, 15) is 4.79 Å². The van der Waals surface area contributed by atoms with E-state index in [0.29, 0.717) is 12.2 Å². The number of amides is 1. The lowest BCUT2D eigenvalue weighted by Crippen LogP contribution is -2.32. The molecule has 4 heteroatoms. The molecule has 1 unspecified atom stereocenters. The summed E-state index contributed by atoms with van der Waals surface area (Å²) in [4.78, 5) is 15.0. The van der Waals surface area contributed by atoms with Gasteiger partial charge in [-0.15, -0.1) is 0 Å². The molecule has 0 aliphatic carbocycles. The minimum absolute atomic E-state index is 0.147. The van der Waals surface area contributed by atoms with Gasteiger partial charge in [-0.05, 0) is 49.4 Å². The van der Waals surface area contributed by atoms with Crippen LogP contribution in [0.3, 0.4) is 0 Å². The van der Waals surface area contributed by atoms with Crippen LogP contribution in [0.2, 0.25) is 0 Å². The van der Waals surface area contributed by atoms with E-state index in [4.69, 9.17) is 9.47 Å². The minimum atomic E-state index is 0.147. The fourth-order valence-corrected chi connectivity index (χ4v) is 3.65. The van der Waals surface area contributed by atoms with E-state index >= 15 is 0 Å². The molecule has 1 amide bonds. The Morgan fingerprint density at radius 3 is 2.58 bits per heavy atom. The number of ether oxygens (including phenoxy) is 2. The van der Waals surface area contributed by atoms with Crippen molar-refractivity contribution in [2.45, 2.75) is 39.2 Å². The molecular weight excluding hydrogens is 326 g/mol. The second-order valence-electron chi connectivity index (χ2n) is 6.94. The van der Waals surface area contributed by atoms with Crippen molar-refractivity contribution in [3.05, 3.63) is 58.7 Å². The first kappa shape index (κ1) is 18.3. The summed E-state index contributed by atoms with van der Waals surface area (Å²) in [7, 11) is 3.24. The Labute approximate surface area is 155 Å². The number of carbonyl (C=O) groups excluding carboxylic acids is 1. The number of hydrogen-bond acceptors (Lipinski definition) is 3. The van der Waals surface area contributed by atoms with E-state index in [2.05, 4.69) is 32.0 Å². The highest BCUT2D eigenvalue weighted by atomic mass is 16.5. The number of benzene rings is 2. The monoisotopic (exact) mass is 353 g/mol. The maximum Gasteiger partial charge on any atom is 0.227 e. The maximum absolute atomic E-state index is 13.0. The van der Waals surface area contributed by atoms with Crippen molar-refractivity contribution in [3.63, 3.8) is 0 Å². The second-order valence-corrected chi connectivity index (χ2v) is 6.94. The zero-order valence-electron chi connectivity index (χ0n) is 16.0. The van der Waals surface area contributed by atoms with Gasteiger partial charge in [0.05, 0.1) is 26.7 Å². The average Bonchev–Trinajstić information content (AvgIpc) is 3.14. The molecule has 1 aliphatic heterocycles. The quantitative estimate of drug-likeness (QED) is 0.807. The van der Waals surface area contributed by atoms with Gasteiger partial charge < -0.3 is 14.4 Å². The zero-order valence-corrected chi connectivity index (χ0v) is 16.0. The van der Waals surface area contributed by atoms with Gasteiger partial charge >= 0.3 is 0 Å². The highest BCUT2D eigenvalue weighted by molar-refractivity contribution is 5.80. The van der Waals surface area contributed by atoms with Crippen molar-refractivity contribution in [3.8, 4) is 11.5 Å². The smallest absolute Gasteiger partial charge is 0.227 e. The summed E-state index contributed by atoms with van der Waals surface area (Å²) in [5, 5.41) is 0. The van der Waals surface area contributed by atoms with Gasteiger partial charge in [0, 0.05) is 18.2 Å². The molecular formula is C22H27NO3. The van der Waals surface area contributed by atoms with Crippen LogP contribution in [0.5, 0.6) is 11.5 Å². The third-order valence-corrected chi connectivity index (χ3v) is 5.32. The standard InChI is InChI=1S/C22H27NO3/c1-15-7-8-17(12-16(15)2)20-6-5-11-23(20)22(24)13-18-9-10-19(25-3)14-21(18)26-4/h7-10,12,14,20H,5-6,11,13H2,1-4H3. The number of methoxy groups -OCH3 is 2. The summed E-state index contributed by atoms with van der Waals surface area (Å²) in [6.07, 6.45) is 2.41. The Bertz CT molecular complexity index is 800. The van der Waals surface area contributed by atoms with E-state index in [1.165, 1.54) is 16.7 Å². The summed E-state index contributed by atoms with van der Waals surface area (Å²) < 4.78 is 10.7. The Hall–Kier alpha value is -2.49. The fourth-order valence-electron chi connectivity index (χ4n) is 3.65. The molecule has 0 bridgehead atoms. The van der Waals surface area contributed by atoms with Crippen molar-refractivity contribution in [1.29, 1.82) is 0 Å². The van der Waals surface area contributed by atoms with E-state index in [0.717, 1.165) is 30.7 Å². The van der Waals surface area contributed by atoms with Crippen molar-refractivity contribution in [2.75, 3.05) is 20.8 Å². The van der Waals surface area contributed by atoms with Gasteiger partial charge in [0.2, 0.25) is 5.91 Å². The van der Waals surface area contributed by atoms with Gasteiger partial charge in [-0.25, -0.2) is 0 Å². The van der Waals surface area contributed by atoms with Crippen LogP contribution in [-0.4, -0.2) is 31.6 Å². The molecule has 2 aromatic rings. The molecule has 0 aromatic heterocycles. The highest BCUT2D eigenvalue weighted by Crippen LogP contribution is 2.34. The molecule has 4 nitrogen and oxygen atoms in total. The molecule has 1 fully saturated rings. The molecule has 0 radical (unpaired) electrons. The minimum Gasteiger partial charge on any atom is -0.497 e. The number of nitrogens with zero attached hydrogens (tertiary/aromatic N) is 1. The Morgan fingerprint density at radius 1 is 1.08 bits per heavy atom. The van der Waals surface area contributed by atoms with Crippen LogP contribution in [0.1, 0.15) is 41.1 Å². The molecule has 26 heavy (non-hydrogen) atoms. The van der Waals surface area contributed by atoms with Crippen LogP contribution in [-0.2, 0) is 11.2 Å². The van der Waals surface area contributed by atoms with Crippen molar-refractivity contribution < 1.29 is 14.3 Å². The van der Waals surface area contributed by atoms with Gasteiger partial charge in [0.15, 0.2) is 0 Å². The number of carbonyl (C=O) groups is 1. The Kier molecular flexibility index (Phi) is 5.50. The third-order valence-electron chi connectivity index (χ3n) is 5.32. The molecule has 1 aliphatic rings. The summed E-state index contributed by atoms with van der Waals surface area (Å²) in [5.74, 6) is 1.57. The molecule has 1 saturated heterocycles. The van der Waals surface area contributed by atoms with E-state index in [-0.39, 0.29) is 11.9 Å². The predicted molar refractivity (Wildman–Crippen MR) is 103 cm³/mol. The van der Waals surface area contributed by atoms with Gasteiger partial charge in [0.25, 0.3) is 0 Å². The average molecular weight is 353 g/mol. The summed E-state index contributed by atoms with van der Waals surface area (Å²) in [5.41, 5.74) is 4.69. The molecule has 0 N–H and O–H groups in total. The van der Waals surface area contributed by atoms with Crippen LogP contribution >= 0.6 is 0 Å². The largest absolute Gasteiger partial charge is 0.497 e. The van der Waals surface area contributed by atoms with Gasteiger partial charge in [-0.1, -0.05) is 24.3 Å². The van der Waals surface area contributed by atoms with Gasteiger partial charge in [-0.2, -0.15) is 0 Å². The van der Waals surface area contributed by atoms with Crippen LogP contribution in [0.15, 0.2) is 36.4 Å². The van der Waals surface area contributed by atoms with E-state index in [1.807, 2.05) is 23.1 Å². The highest BCUT2D eigenvalue weighted by Gasteiger charge is 2.30. The normalized spacial score (nSPS) is 16.6. The topological polar surface area (TPSA) is 38.8 Å². The predicted octanol–water partition coefficient (Wildman–Crippen LogP) is 4.23. The lowest BCUT2D eigenvalue weighted by atomic mass is 9.99. The summed E-state index contributed by atoms with van der Waals surface area (Å²) in [6.45, 7) is 5.06. The SMILES string of the molecule is COc1ccc(CC(=O)N2CCCC2c2ccc(C)c(C)c2)c(OC)c1. The van der Waals surface area contributed by atoms with Crippen LogP contribution in [0, 0.1) is 13.8 Å². The van der Waals surface area contributed by atoms with Crippen molar-refractivity contribution in [1.82, 2.24) is 4.90 Å². The number of aryl methyl sites for hydroxylation is 2. The number of hydrogen-bond donors (Lipinski definition) is 0. The molecule has 138 valence electrons. The third kappa shape index (κ3) is 3.69. The van der Waals surface area contributed by atoms with Crippen LogP contribution in [0.25, 0.3) is 0 Å². The number of likely N-dealkylation sites (tertiary alicyclic amines) is 1. The van der Waals surface area contributed by atoms with Gasteiger partial charge in [-0.3, -0.25) is 4.79 Å². The first-order valence-corrected chi connectivity index (χ1v) is 9.11. The lowest BCUT2D eigenvalue weighted by Gasteiger charge is -2.26. The van der Waals surface area contributed by atoms with Crippen LogP contribution < -0.4 is 9.47 Å². The fraction of sp³-hybridized carbons (Fsp3) is 0.409. The van der Waals surface area contributed by atoms with Crippen molar-refractivity contribution in [2.24, 2.45) is 0 Å². The number of rotatable bonds is 5. The van der Waals surface area contributed by atoms with Gasteiger partial charge in [0.1, 0.15) is 11.5 Å².